The Balaban J connectivity index is 0.000000845. The summed E-state index contributed by atoms with van der Waals surface area (Å²) >= 11 is 0. The van der Waals surface area contributed by atoms with Crippen LogP contribution in [-0.2, 0) is 4.74 Å². The van der Waals surface area contributed by atoms with Crippen LogP contribution in [0.1, 0.15) is 32.1 Å². The maximum absolute atomic E-state index is 5.59. The average molecular weight is 206 g/mol. The van der Waals surface area contributed by atoms with Crippen molar-refractivity contribution in [1.29, 1.82) is 0 Å². The van der Waals surface area contributed by atoms with Gasteiger partial charge in [-0.05, 0) is 51.1 Å². The quantitative estimate of drug-likeness (QED) is 0.761. The summed E-state index contributed by atoms with van der Waals surface area (Å²) in [5.74, 6) is 0.939. The molecule has 3 heteroatoms. The molecule has 2 rings (SSSR count). The standard InChI is InChI=1S/C10H19NO.ClH/c1-2-10(12-7-1)4-3-9-5-6-11-8-9;/h9-11H,1-8H2;1H. The van der Waals surface area contributed by atoms with E-state index in [1.54, 1.807) is 0 Å². The summed E-state index contributed by atoms with van der Waals surface area (Å²) in [4.78, 5) is 0. The minimum absolute atomic E-state index is 0. The zero-order chi connectivity index (χ0) is 8.23. The van der Waals surface area contributed by atoms with Crippen molar-refractivity contribution in [3.8, 4) is 0 Å². The van der Waals surface area contributed by atoms with E-state index in [1.807, 2.05) is 0 Å². The van der Waals surface area contributed by atoms with Gasteiger partial charge in [0.15, 0.2) is 0 Å². The molecule has 2 fully saturated rings. The number of nitrogens with one attached hydrogen (secondary N) is 1. The second-order valence-electron chi connectivity index (χ2n) is 4.07. The van der Waals surface area contributed by atoms with E-state index in [4.69, 9.17) is 4.74 Å². The normalized spacial score (nSPS) is 33.2. The average Bonchev–Trinajstić information content (AvgIpc) is 2.74. The fourth-order valence-electron chi connectivity index (χ4n) is 2.25. The second-order valence-corrected chi connectivity index (χ2v) is 4.07. The van der Waals surface area contributed by atoms with Crippen LogP contribution in [0, 0.1) is 5.92 Å². The van der Waals surface area contributed by atoms with E-state index in [9.17, 15) is 0 Å². The predicted octanol–water partition coefficient (Wildman–Crippen LogP) is 1.98. The summed E-state index contributed by atoms with van der Waals surface area (Å²) in [5, 5.41) is 3.41. The van der Waals surface area contributed by atoms with Crippen LogP contribution in [0.3, 0.4) is 0 Å². The number of ether oxygens (including phenoxy) is 1. The van der Waals surface area contributed by atoms with Gasteiger partial charge in [0.25, 0.3) is 0 Å². The number of hydrogen-bond donors (Lipinski definition) is 1. The molecule has 0 amide bonds. The SMILES string of the molecule is C1COC(CCC2CCNC2)C1.Cl. The van der Waals surface area contributed by atoms with Gasteiger partial charge in [0.05, 0.1) is 6.10 Å². The molecule has 13 heavy (non-hydrogen) atoms. The molecule has 2 nitrogen and oxygen atoms in total. The lowest BCUT2D eigenvalue weighted by molar-refractivity contribution is 0.0988. The Morgan fingerprint density at radius 1 is 1.23 bits per heavy atom. The summed E-state index contributed by atoms with van der Waals surface area (Å²) in [7, 11) is 0. The summed E-state index contributed by atoms with van der Waals surface area (Å²) in [5.41, 5.74) is 0. The number of hydrogen-bond acceptors (Lipinski definition) is 2. The fraction of sp³-hybridized carbons (Fsp3) is 1.00. The molecular formula is C10H20ClNO. The zero-order valence-corrected chi connectivity index (χ0v) is 8.94. The van der Waals surface area contributed by atoms with Gasteiger partial charge >= 0.3 is 0 Å². The molecule has 0 aromatic carbocycles. The van der Waals surface area contributed by atoms with E-state index in [-0.39, 0.29) is 12.4 Å². The van der Waals surface area contributed by atoms with E-state index in [1.165, 1.54) is 45.2 Å². The molecule has 0 spiro atoms. The molecular weight excluding hydrogens is 186 g/mol. The lowest BCUT2D eigenvalue weighted by Crippen LogP contribution is -2.12. The van der Waals surface area contributed by atoms with Crippen molar-refractivity contribution in [3.05, 3.63) is 0 Å². The monoisotopic (exact) mass is 205 g/mol. The molecule has 2 aliphatic heterocycles. The molecule has 0 aliphatic carbocycles. The van der Waals surface area contributed by atoms with E-state index >= 15 is 0 Å². The summed E-state index contributed by atoms with van der Waals surface area (Å²) in [6.45, 7) is 3.48. The Morgan fingerprint density at radius 3 is 2.77 bits per heavy atom. The van der Waals surface area contributed by atoms with Gasteiger partial charge in [-0.1, -0.05) is 0 Å². The van der Waals surface area contributed by atoms with Crippen LogP contribution in [0.2, 0.25) is 0 Å². The molecule has 0 aromatic heterocycles. The van der Waals surface area contributed by atoms with Crippen LogP contribution in [-0.4, -0.2) is 25.8 Å². The largest absolute Gasteiger partial charge is 0.378 e. The van der Waals surface area contributed by atoms with Gasteiger partial charge in [0.2, 0.25) is 0 Å². The minimum atomic E-state index is 0. The Bertz CT molecular complexity index is 115. The fourth-order valence-corrected chi connectivity index (χ4v) is 2.25. The molecule has 2 aliphatic rings. The van der Waals surface area contributed by atoms with Crippen LogP contribution in [0.25, 0.3) is 0 Å². The molecule has 2 unspecified atom stereocenters. The van der Waals surface area contributed by atoms with E-state index in [2.05, 4.69) is 5.32 Å². The van der Waals surface area contributed by atoms with Gasteiger partial charge in [-0.25, -0.2) is 0 Å². The van der Waals surface area contributed by atoms with Crippen molar-refractivity contribution in [3.63, 3.8) is 0 Å². The van der Waals surface area contributed by atoms with Gasteiger partial charge in [0.1, 0.15) is 0 Å². The lowest BCUT2D eigenvalue weighted by Gasteiger charge is -2.12. The van der Waals surface area contributed by atoms with Crippen LogP contribution in [0.5, 0.6) is 0 Å². The summed E-state index contributed by atoms with van der Waals surface area (Å²) in [6, 6.07) is 0. The van der Waals surface area contributed by atoms with Gasteiger partial charge in [-0.15, -0.1) is 12.4 Å². The highest BCUT2D eigenvalue weighted by Crippen LogP contribution is 2.21. The highest BCUT2D eigenvalue weighted by molar-refractivity contribution is 5.85. The van der Waals surface area contributed by atoms with Gasteiger partial charge < -0.3 is 10.1 Å². The first-order chi connectivity index (χ1) is 5.95. The van der Waals surface area contributed by atoms with Crippen molar-refractivity contribution in [1.82, 2.24) is 5.32 Å². The Labute approximate surface area is 86.8 Å². The molecule has 2 saturated heterocycles. The first kappa shape index (κ1) is 11.3. The third kappa shape index (κ3) is 3.45. The predicted molar refractivity (Wildman–Crippen MR) is 56.4 cm³/mol. The molecule has 0 bridgehead atoms. The highest BCUT2D eigenvalue weighted by atomic mass is 35.5. The molecule has 1 N–H and O–H groups in total. The molecule has 2 atom stereocenters. The summed E-state index contributed by atoms with van der Waals surface area (Å²) < 4.78 is 5.59. The van der Waals surface area contributed by atoms with E-state index in [0.29, 0.717) is 6.10 Å². The Morgan fingerprint density at radius 2 is 2.15 bits per heavy atom. The number of rotatable bonds is 3. The van der Waals surface area contributed by atoms with Crippen LogP contribution in [0.4, 0.5) is 0 Å². The van der Waals surface area contributed by atoms with E-state index < -0.39 is 0 Å². The summed E-state index contributed by atoms with van der Waals surface area (Å²) in [6.07, 6.45) is 7.25. The van der Waals surface area contributed by atoms with Gasteiger partial charge in [0, 0.05) is 6.61 Å². The third-order valence-electron chi connectivity index (χ3n) is 3.08. The Hall–Kier alpha value is 0.210. The first-order valence-electron chi connectivity index (χ1n) is 5.27. The molecule has 0 aromatic rings. The van der Waals surface area contributed by atoms with Crippen LogP contribution in [0.15, 0.2) is 0 Å². The van der Waals surface area contributed by atoms with Gasteiger partial charge in [-0.3, -0.25) is 0 Å². The maximum Gasteiger partial charge on any atom is 0.0576 e. The first-order valence-corrected chi connectivity index (χ1v) is 5.27. The second kappa shape index (κ2) is 5.84. The number of halogens is 1. The third-order valence-corrected chi connectivity index (χ3v) is 3.08. The maximum atomic E-state index is 5.59. The zero-order valence-electron chi connectivity index (χ0n) is 8.13. The highest BCUT2D eigenvalue weighted by Gasteiger charge is 2.19. The molecule has 0 radical (unpaired) electrons. The minimum Gasteiger partial charge on any atom is -0.378 e. The van der Waals surface area contributed by atoms with Crippen molar-refractivity contribution < 1.29 is 4.74 Å². The molecule has 2 heterocycles. The van der Waals surface area contributed by atoms with Crippen molar-refractivity contribution >= 4 is 12.4 Å². The van der Waals surface area contributed by atoms with Crippen molar-refractivity contribution in [2.75, 3.05) is 19.7 Å². The molecule has 78 valence electrons. The molecule has 0 saturated carbocycles. The van der Waals surface area contributed by atoms with E-state index in [0.717, 1.165) is 12.5 Å². The van der Waals surface area contributed by atoms with Crippen molar-refractivity contribution in [2.45, 2.75) is 38.2 Å². The topological polar surface area (TPSA) is 21.3 Å². The van der Waals surface area contributed by atoms with Crippen LogP contribution < -0.4 is 5.32 Å². The smallest absolute Gasteiger partial charge is 0.0576 e. The van der Waals surface area contributed by atoms with Crippen molar-refractivity contribution in [2.24, 2.45) is 5.92 Å². The lowest BCUT2D eigenvalue weighted by atomic mass is 9.99. The van der Waals surface area contributed by atoms with Crippen LogP contribution >= 0.6 is 12.4 Å². The van der Waals surface area contributed by atoms with Gasteiger partial charge in [-0.2, -0.15) is 0 Å². The Kier molecular flexibility index (Phi) is 5.07.